The molecule has 0 amide bonds. The monoisotopic (exact) mass is 396 g/mol. The summed E-state index contributed by atoms with van der Waals surface area (Å²) in [5, 5.41) is 23.2. The minimum atomic E-state index is 0.136. The Hall–Kier alpha value is -3.00. The van der Waals surface area contributed by atoms with Crippen LogP contribution in [-0.4, -0.2) is 31.1 Å². The van der Waals surface area contributed by atoms with E-state index in [1.807, 2.05) is 35.9 Å². The zero-order chi connectivity index (χ0) is 17.4. The molecule has 0 fully saturated rings. The van der Waals surface area contributed by atoms with Crippen LogP contribution in [0.3, 0.4) is 0 Å². The number of anilines is 1. The van der Waals surface area contributed by atoms with Gasteiger partial charge in [-0.15, -0.1) is 10.2 Å². The summed E-state index contributed by atoms with van der Waals surface area (Å²) in [6, 6.07) is 13.0. The quantitative estimate of drug-likeness (QED) is 0.409. The van der Waals surface area contributed by atoms with E-state index in [4.69, 9.17) is 0 Å². The summed E-state index contributed by atoms with van der Waals surface area (Å²) >= 11 is 3.35. The standard InChI is InChI=1S/C17H13BrN6O/c1-24-13-5-3-2-4-12(13)15-16(24)20-17(23-21-15)22-19-9-10-8-11(18)6-7-14(10)25/h2-9,25H,1H3,(H,20,22,23). The average Bonchev–Trinajstić information content (AvgIpc) is 2.91. The average molecular weight is 397 g/mol. The number of para-hydroxylation sites is 1. The summed E-state index contributed by atoms with van der Waals surface area (Å²) in [4.78, 5) is 4.48. The predicted octanol–water partition coefficient (Wildman–Crippen LogP) is 3.43. The molecule has 0 saturated heterocycles. The zero-order valence-corrected chi connectivity index (χ0v) is 14.8. The molecule has 2 aromatic heterocycles. The van der Waals surface area contributed by atoms with Crippen molar-refractivity contribution in [2.75, 3.05) is 5.43 Å². The molecule has 0 unspecified atom stereocenters. The number of aromatic hydroxyl groups is 1. The predicted molar refractivity (Wildman–Crippen MR) is 101 cm³/mol. The second-order valence-corrected chi connectivity index (χ2v) is 6.37. The van der Waals surface area contributed by atoms with Gasteiger partial charge in [0, 0.05) is 22.5 Å². The number of rotatable bonds is 3. The van der Waals surface area contributed by atoms with E-state index < -0.39 is 0 Å². The molecule has 2 N–H and O–H groups in total. The second-order valence-electron chi connectivity index (χ2n) is 5.46. The Labute approximate surface area is 151 Å². The Bertz CT molecular complexity index is 1120. The maximum absolute atomic E-state index is 9.80. The third-order valence-corrected chi connectivity index (χ3v) is 4.36. The Balaban J connectivity index is 1.66. The first-order chi connectivity index (χ1) is 12.1. The molecule has 0 aliphatic carbocycles. The summed E-state index contributed by atoms with van der Waals surface area (Å²) < 4.78 is 2.82. The second kappa shape index (κ2) is 6.14. The van der Waals surface area contributed by atoms with Gasteiger partial charge in [-0.3, -0.25) is 0 Å². The van der Waals surface area contributed by atoms with Crippen molar-refractivity contribution >= 4 is 50.2 Å². The number of hydrogen-bond donors (Lipinski definition) is 2. The van der Waals surface area contributed by atoms with Gasteiger partial charge in [0.15, 0.2) is 5.65 Å². The number of phenols is 1. The van der Waals surface area contributed by atoms with Crippen LogP contribution in [0.4, 0.5) is 5.95 Å². The number of nitrogens with zero attached hydrogens (tertiary/aromatic N) is 5. The van der Waals surface area contributed by atoms with Crippen LogP contribution in [0.5, 0.6) is 5.75 Å². The van der Waals surface area contributed by atoms with Crippen LogP contribution < -0.4 is 5.43 Å². The lowest BCUT2D eigenvalue weighted by Crippen LogP contribution is -2.00. The van der Waals surface area contributed by atoms with E-state index in [0.717, 1.165) is 26.5 Å². The van der Waals surface area contributed by atoms with Crippen LogP contribution in [0.2, 0.25) is 0 Å². The third kappa shape index (κ3) is 2.80. The van der Waals surface area contributed by atoms with E-state index in [1.165, 1.54) is 6.21 Å². The van der Waals surface area contributed by atoms with E-state index in [0.29, 0.717) is 5.56 Å². The first kappa shape index (κ1) is 15.5. The lowest BCUT2D eigenvalue weighted by Gasteiger charge is -2.01. The molecular weight excluding hydrogens is 384 g/mol. The Morgan fingerprint density at radius 2 is 2.04 bits per heavy atom. The van der Waals surface area contributed by atoms with Crippen LogP contribution >= 0.6 is 15.9 Å². The number of aromatic nitrogens is 4. The number of aryl methyl sites for hydroxylation is 1. The number of fused-ring (bicyclic) bond motifs is 3. The minimum Gasteiger partial charge on any atom is -0.507 e. The van der Waals surface area contributed by atoms with Crippen molar-refractivity contribution in [2.24, 2.45) is 12.1 Å². The van der Waals surface area contributed by atoms with Crippen molar-refractivity contribution in [3.8, 4) is 5.75 Å². The van der Waals surface area contributed by atoms with E-state index in [1.54, 1.807) is 18.2 Å². The van der Waals surface area contributed by atoms with Crippen molar-refractivity contribution in [1.82, 2.24) is 19.7 Å². The zero-order valence-electron chi connectivity index (χ0n) is 13.2. The fraction of sp³-hybridized carbons (Fsp3) is 0.0588. The maximum Gasteiger partial charge on any atom is 0.265 e. The normalized spacial score (nSPS) is 11.6. The van der Waals surface area contributed by atoms with Gasteiger partial charge in [0.25, 0.3) is 5.95 Å². The van der Waals surface area contributed by atoms with Gasteiger partial charge in [0.1, 0.15) is 11.3 Å². The van der Waals surface area contributed by atoms with Gasteiger partial charge < -0.3 is 9.67 Å². The van der Waals surface area contributed by atoms with Gasteiger partial charge in [0.05, 0.1) is 11.7 Å². The molecule has 4 aromatic rings. The fourth-order valence-corrected chi connectivity index (χ4v) is 3.02. The number of hydrazone groups is 1. The summed E-state index contributed by atoms with van der Waals surface area (Å²) in [5.74, 6) is 0.418. The van der Waals surface area contributed by atoms with Gasteiger partial charge in [-0.2, -0.15) is 10.1 Å². The number of halogens is 1. The summed E-state index contributed by atoms with van der Waals surface area (Å²) in [6.45, 7) is 0. The van der Waals surface area contributed by atoms with Crippen molar-refractivity contribution in [1.29, 1.82) is 0 Å². The summed E-state index contributed by atoms with van der Waals surface area (Å²) in [7, 11) is 1.94. The molecule has 7 nitrogen and oxygen atoms in total. The van der Waals surface area contributed by atoms with Crippen LogP contribution in [0.25, 0.3) is 22.1 Å². The molecule has 0 radical (unpaired) electrons. The lowest BCUT2D eigenvalue weighted by atomic mass is 10.2. The van der Waals surface area contributed by atoms with Crippen LogP contribution in [0.15, 0.2) is 52.0 Å². The molecule has 2 aromatic carbocycles. The Kier molecular flexibility index (Phi) is 3.81. The van der Waals surface area contributed by atoms with Gasteiger partial charge >= 0.3 is 0 Å². The highest BCUT2D eigenvalue weighted by Gasteiger charge is 2.11. The first-order valence-corrected chi connectivity index (χ1v) is 8.28. The maximum atomic E-state index is 9.80. The topological polar surface area (TPSA) is 88.2 Å². The number of nitrogens with one attached hydrogen (secondary N) is 1. The third-order valence-electron chi connectivity index (χ3n) is 3.86. The lowest BCUT2D eigenvalue weighted by molar-refractivity contribution is 0.474. The largest absolute Gasteiger partial charge is 0.507 e. The molecule has 0 aliphatic heterocycles. The SMILES string of the molecule is Cn1c2ccccc2c2nnc(NN=Cc3cc(Br)ccc3O)nc21. The van der Waals surface area contributed by atoms with E-state index in [-0.39, 0.29) is 11.7 Å². The molecular formula is C17H13BrN6O. The molecule has 2 heterocycles. The van der Waals surface area contributed by atoms with E-state index in [9.17, 15) is 5.11 Å². The smallest absolute Gasteiger partial charge is 0.265 e. The summed E-state index contributed by atoms with van der Waals surface area (Å²) in [5.41, 5.74) is 5.83. The molecule has 0 spiro atoms. The van der Waals surface area contributed by atoms with Crippen LogP contribution in [0.1, 0.15) is 5.56 Å². The molecule has 0 aliphatic rings. The van der Waals surface area contributed by atoms with Crippen molar-refractivity contribution < 1.29 is 5.11 Å². The van der Waals surface area contributed by atoms with Gasteiger partial charge in [-0.1, -0.05) is 34.1 Å². The van der Waals surface area contributed by atoms with Gasteiger partial charge in [-0.05, 0) is 24.3 Å². The Morgan fingerprint density at radius 1 is 1.20 bits per heavy atom. The van der Waals surface area contributed by atoms with Crippen molar-refractivity contribution in [3.05, 3.63) is 52.5 Å². The van der Waals surface area contributed by atoms with Crippen LogP contribution in [-0.2, 0) is 7.05 Å². The highest BCUT2D eigenvalue weighted by molar-refractivity contribution is 9.10. The molecule has 25 heavy (non-hydrogen) atoms. The molecule has 0 saturated carbocycles. The van der Waals surface area contributed by atoms with Gasteiger partial charge in [-0.25, -0.2) is 5.43 Å². The van der Waals surface area contributed by atoms with Crippen molar-refractivity contribution in [2.45, 2.75) is 0 Å². The highest BCUT2D eigenvalue weighted by Crippen LogP contribution is 2.25. The number of phenolic OH excluding ortho intramolecular Hbond substituents is 1. The molecule has 4 rings (SSSR count). The van der Waals surface area contributed by atoms with Gasteiger partial charge in [0.2, 0.25) is 0 Å². The fourth-order valence-electron chi connectivity index (χ4n) is 2.64. The number of benzene rings is 2. The molecule has 124 valence electrons. The molecule has 8 heteroatoms. The molecule has 0 bridgehead atoms. The first-order valence-electron chi connectivity index (χ1n) is 7.49. The van der Waals surface area contributed by atoms with E-state index >= 15 is 0 Å². The number of hydrogen-bond acceptors (Lipinski definition) is 6. The van der Waals surface area contributed by atoms with Crippen LogP contribution in [0, 0.1) is 0 Å². The Morgan fingerprint density at radius 3 is 2.92 bits per heavy atom. The summed E-state index contributed by atoms with van der Waals surface area (Å²) in [6.07, 6.45) is 1.50. The van der Waals surface area contributed by atoms with E-state index in [2.05, 4.69) is 41.6 Å². The minimum absolute atomic E-state index is 0.136. The molecule has 0 atom stereocenters. The highest BCUT2D eigenvalue weighted by atomic mass is 79.9. The van der Waals surface area contributed by atoms with Crippen molar-refractivity contribution in [3.63, 3.8) is 0 Å².